The molecule has 0 saturated carbocycles. The third-order valence-electron chi connectivity index (χ3n) is 4.91. The van der Waals surface area contributed by atoms with Gasteiger partial charge in [-0.05, 0) is 29.2 Å². The fraction of sp³-hybridized carbons (Fsp3) is 0.333. The van der Waals surface area contributed by atoms with Crippen molar-refractivity contribution in [2.45, 2.75) is 33.5 Å². The standard InChI is InChI=1S/C24H27N3O4/c1-17(2)11-25-24(28)20-15-29-23(26-20)14-27(12-18-6-4-3-5-7-18)13-19-8-9-21-22(10-19)31-16-30-21/h3-10,15,17H,11-14,16H2,1-2H3,(H,25,28). The van der Waals surface area contributed by atoms with Crippen LogP contribution in [0.25, 0.3) is 0 Å². The molecule has 1 N–H and O–H groups in total. The maximum absolute atomic E-state index is 12.3. The molecule has 0 bridgehead atoms. The van der Waals surface area contributed by atoms with Crippen molar-refractivity contribution in [3.05, 3.63) is 77.5 Å². The molecule has 1 aromatic heterocycles. The maximum atomic E-state index is 12.3. The molecule has 3 aromatic rings. The molecule has 7 nitrogen and oxygen atoms in total. The molecule has 2 heterocycles. The van der Waals surface area contributed by atoms with E-state index in [0.29, 0.717) is 43.7 Å². The first-order valence-corrected chi connectivity index (χ1v) is 10.4. The molecule has 1 aliphatic rings. The van der Waals surface area contributed by atoms with Crippen molar-refractivity contribution < 1.29 is 18.7 Å². The first-order chi connectivity index (χ1) is 15.1. The van der Waals surface area contributed by atoms with Crippen molar-refractivity contribution in [3.63, 3.8) is 0 Å². The summed E-state index contributed by atoms with van der Waals surface area (Å²) in [6, 6.07) is 16.2. The van der Waals surface area contributed by atoms with Crippen LogP contribution in [0.2, 0.25) is 0 Å². The number of rotatable bonds is 9. The van der Waals surface area contributed by atoms with Crippen LogP contribution in [0.4, 0.5) is 0 Å². The lowest BCUT2D eigenvalue weighted by molar-refractivity contribution is 0.0944. The molecule has 0 atom stereocenters. The highest BCUT2D eigenvalue weighted by Crippen LogP contribution is 2.33. The van der Waals surface area contributed by atoms with E-state index in [9.17, 15) is 4.79 Å². The van der Waals surface area contributed by atoms with Gasteiger partial charge in [-0.1, -0.05) is 50.2 Å². The van der Waals surface area contributed by atoms with Crippen LogP contribution in [0.15, 0.2) is 59.2 Å². The number of aromatic nitrogens is 1. The Morgan fingerprint density at radius 3 is 2.61 bits per heavy atom. The summed E-state index contributed by atoms with van der Waals surface area (Å²) in [4.78, 5) is 18.9. The van der Waals surface area contributed by atoms with Gasteiger partial charge in [-0.15, -0.1) is 0 Å². The van der Waals surface area contributed by atoms with Crippen LogP contribution in [0.3, 0.4) is 0 Å². The van der Waals surface area contributed by atoms with E-state index in [1.54, 1.807) is 0 Å². The van der Waals surface area contributed by atoms with E-state index < -0.39 is 0 Å². The normalized spacial score (nSPS) is 12.5. The van der Waals surface area contributed by atoms with E-state index in [4.69, 9.17) is 13.9 Å². The lowest BCUT2D eigenvalue weighted by atomic mass is 10.1. The van der Waals surface area contributed by atoms with Gasteiger partial charge in [-0.2, -0.15) is 0 Å². The smallest absolute Gasteiger partial charge is 0.273 e. The van der Waals surface area contributed by atoms with Crippen LogP contribution in [0, 0.1) is 5.92 Å². The van der Waals surface area contributed by atoms with Crippen molar-refractivity contribution >= 4 is 5.91 Å². The van der Waals surface area contributed by atoms with Crippen molar-refractivity contribution in [1.82, 2.24) is 15.2 Å². The molecule has 0 fully saturated rings. The third-order valence-corrected chi connectivity index (χ3v) is 4.91. The van der Waals surface area contributed by atoms with E-state index in [2.05, 4.69) is 27.3 Å². The molecule has 2 aromatic carbocycles. The third kappa shape index (κ3) is 5.64. The van der Waals surface area contributed by atoms with Gasteiger partial charge in [-0.3, -0.25) is 9.69 Å². The highest BCUT2D eigenvalue weighted by Gasteiger charge is 2.18. The highest BCUT2D eigenvalue weighted by atomic mass is 16.7. The van der Waals surface area contributed by atoms with Gasteiger partial charge in [0.25, 0.3) is 5.91 Å². The average molecular weight is 421 g/mol. The summed E-state index contributed by atoms with van der Waals surface area (Å²) in [5, 5.41) is 2.87. The molecule has 0 aliphatic carbocycles. The molecular weight excluding hydrogens is 394 g/mol. The average Bonchev–Trinajstić information content (AvgIpc) is 3.42. The van der Waals surface area contributed by atoms with Crippen LogP contribution in [-0.4, -0.2) is 29.1 Å². The van der Waals surface area contributed by atoms with E-state index in [1.807, 2.05) is 50.2 Å². The van der Waals surface area contributed by atoms with Gasteiger partial charge in [0.1, 0.15) is 6.26 Å². The number of ether oxygens (including phenoxy) is 2. The first kappa shape index (κ1) is 20.9. The molecule has 0 radical (unpaired) electrons. The minimum atomic E-state index is -0.214. The second kappa shape index (κ2) is 9.66. The van der Waals surface area contributed by atoms with E-state index >= 15 is 0 Å². The number of oxazole rings is 1. The summed E-state index contributed by atoms with van der Waals surface area (Å²) in [6.07, 6.45) is 1.42. The quantitative estimate of drug-likeness (QED) is 0.563. The zero-order chi connectivity index (χ0) is 21.6. The second-order valence-corrected chi connectivity index (χ2v) is 8.05. The number of nitrogens with zero attached hydrogens (tertiary/aromatic N) is 2. The van der Waals surface area contributed by atoms with Gasteiger partial charge in [0.05, 0.1) is 6.54 Å². The van der Waals surface area contributed by atoms with E-state index in [0.717, 1.165) is 17.1 Å². The SMILES string of the molecule is CC(C)CNC(=O)c1coc(CN(Cc2ccccc2)Cc2ccc3c(c2)OCO3)n1. The van der Waals surface area contributed by atoms with Gasteiger partial charge in [0.15, 0.2) is 17.2 Å². The Morgan fingerprint density at radius 2 is 1.81 bits per heavy atom. The number of hydrogen-bond acceptors (Lipinski definition) is 6. The molecule has 1 amide bonds. The fourth-order valence-electron chi connectivity index (χ4n) is 3.37. The van der Waals surface area contributed by atoms with Crippen molar-refractivity contribution in [3.8, 4) is 11.5 Å². The zero-order valence-corrected chi connectivity index (χ0v) is 17.8. The number of benzene rings is 2. The molecule has 0 spiro atoms. The van der Waals surface area contributed by atoms with Gasteiger partial charge < -0.3 is 19.2 Å². The Balaban J connectivity index is 1.47. The zero-order valence-electron chi connectivity index (χ0n) is 17.8. The molecule has 4 rings (SSSR count). The molecule has 0 unspecified atom stereocenters. The van der Waals surface area contributed by atoms with E-state index in [1.165, 1.54) is 11.8 Å². The summed E-state index contributed by atoms with van der Waals surface area (Å²) in [5.74, 6) is 2.19. The predicted octanol–water partition coefficient (Wildman–Crippen LogP) is 3.99. The molecule has 1 aliphatic heterocycles. The van der Waals surface area contributed by atoms with Crippen molar-refractivity contribution in [1.29, 1.82) is 0 Å². The number of fused-ring (bicyclic) bond motifs is 1. The van der Waals surface area contributed by atoms with Crippen molar-refractivity contribution in [2.24, 2.45) is 5.92 Å². The van der Waals surface area contributed by atoms with Gasteiger partial charge >= 0.3 is 0 Å². The summed E-state index contributed by atoms with van der Waals surface area (Å²) in [7, 11) is 0. The van der Waals surface area contributed by atoms with Gasteiger partial charge in [0, 0.05) is 19.6 Å². The Labute approximate surface area is 182 Å². The van der Waals surface area contributed by atoms with Gasteiger partial charge in [0.2, 0.25) is 12.7 Å². The number of carbonyl (C=O) groups excluding carboxylic acids is 1. The predicted molar refractivity (Wildman–Crippen MR) is 116 cm³/mol. The van der Waals surface area contributed by atoms with Crippen LogP contribution in [0.1, 0.15) is 41.4 Å². The molecule has 162 valence electrons. The summed E-state index contributed by atoms with van der Waals surface area (Å²) < 4.78 is 16.5. The van der Waals surface area contributed by atoms with Crippen LogP contribution in [-0.2, 0) is 19.6 Å². The first-order valence-electron chi connectivity index (χ1n) is 10.4. The molecule has 31 heavy (non-hydrogen) atoms. The Hall–Kier alpha value is -3.32. The summed E-state index contributed by atoms with van der Waals surface area (Å²) in [6.45, 7) is 6.81. The number of carbonyl (C=O) groups is 1. The Bertz CT molecular complexity index is 1020. The molecule has 0 saturated heterocycles. The highest BCUT2D eigenvalue weighted by molar-refractivity contribution is 5.91. The monoisotopic (exact) mass is 421 g/mol. The lowest BCUT2D eigenvalue weighted by Crippen LogP contribution is -2.27. The largest absolute Gasteiger partial charge is 0.454 e. The maximum Gasteiger partial charge on any atom is 0.273 e. The molecular formula is C24H27N3O4. The summed E-state index contributed by atoms with van der Waals surface area (Å²) in [5.41, 5.74) is 2.59. The number of hydrogen-bond donors (Lipinski definition) is 1. The van der Waals surface area contributed by atoms with Gasteiger partial charge in [-0.25, -0.2) is 4.98 Å². The minimum Gasteiger partial charge on any atom is -0.454 e. The van der Waals surface area contributed by atoms with Crippen LogP contribution >= 0.6 is 0 Å². The molecule has 7 heteroatoms. The van der Waals surface area contributed by atoms with Crippen molar-refractivity contribution in [2.75, 3.05) is 13.3 Å². The topological polar surface area (TPSA) is 76.8 Å². The fourth-order valence-corrected chi connectivity index (χ4v) is 3.37. The lowest BCUT2D eigenvalue weighted by Gasteiger charge is -2.21. The minimum absolute atomic E-state index is 0.214. The number of nitrogens with one attached hydrogen (secondary N) is 1. The van der Waals surface area contributed by atoms with E-state index in [-0.39, 0.29) is 12.7 Å². The van der Waals surface area contributed by atoms with Crippen LogP contribution in [0.5, 0.6) is 11.5 Å². The number of amides is 1. The Morgan fingerprint density at radius 1 is 1.03 bits per heavy atom. The summed E-state index contributed by atoms with van der Waals surface area (Å²) >= 11 is 0. The van der Waals surface area contributed by atoms with Crippen LogP contribution < -0.4 is 14.8 Å². The second-order valence-electron chi connectivity index (χ2n) is 8.05. The Kier molecular flexibility index (Phi) is 6.52.